The maximum atomic E-state index is 16.5. The van der Waals surface area contributed by atoms with Gasteiger partial charge in [-0.25, -0.2) is 13.2 Å². The average molecular weight is 1570 g/mol. The van der Waals surface area contributed by atoms with Crippen molar-refractivity contribution in [1.82, 2.24) is 49.5 Å². The van der Waals surface area contributed by atoms with E-state index in [2.05, 4.69) is 44.4 Å². The molecule has 1 amide bonds. The molecule has 0 unspecified atom stereocenters. The molecule has 3 aliphatic rings. The zero-order valence-corrected chi connectivity index (χ0v) is 65.7. The number of hydrogen-bond donors (Lipinski definition) is 3. The SMILES string of the molecule is CC(=O)N1CCN(c2nc(OCCCN(C)C)nc3c(F)c(-c4cc(O)cc5ccccc45)c(Cl)cc23)CC1.CN(C)CCCOc1nc(N2CCCCC2)c2cc(Cl)c(-c3cc(O)cc4ccccc34)c(F)c2n1.CN(C)CCCOc1nc(N2CCCCC2)c2cc(Cl)c(-c3cc(O)cc4ccccc34)c(F)c2n1. The second kappa shape index (κ2) is 35.6. The van der Waals surface area contributed by atoms with Crippen molar-refractivity contribution in [2.24, 2.45) is 0 Å². The highest BCUT2D eigenvalue weighted by Gasteiger charge is 2.30. The summed E-state index contributed by atoms with van der Waals surface area (Å²) in [6.07, 6.45) is 8.89. The van der Waals surface area contributed by atoms with Gasteiger partial charge >= 0.3 is 18.0 Å². The van der Waals surface area contributed by atoms with Crippen LogP contribution in [0.5, 0.6) is 35.3 Å². The predicted octanol–water partition coefficient (Wildman–Crippen LogP) is 17.5. The third-order valence-corrected chi connectivity index (χ3v) is 21.0. The van der Waals surface area contributed by atoms with Gasteiger partial charge in [-0.15, -0.1) is 0 Å². The number of rotatable bonds is 21. The smallest absolute Gasteiger partial charge is 0.319 e. The Labute approximate surface area is 658 Å². The molecule has 3 aliphatic heterocycles. The molecule has 26 heteroatoms. The third-order valence-electron chi connectivity index (χ3n) is 20.2. The van der Waals surface area contributed by atoms with E-state index in [1.165, 1.54) is 6.07 Å². The highest BCUT2D eigenvalue weighted by Crippen LogP contribution is 2.47. The molecule has 111 heavy (non-hydrogen) atoms. The molecule has 6 heterocycles. The number of piperidine rings is 2. The van der Waals surface area contributed by atoms with Crippen molar-refractivity contribution in [2.75, 3.05) is 149 Å². The first-order chi connectivity index (χ1) is 53.6. The van der Waals surface area contributed by atoms with Crippen molar-refractivity contribution in [3.63, 3.8) is 0 Å². The second-order valence-electron chi connectivity index (χ2n) is 29.1. The molecule has 9 aromatic carbocycles. The second-order valence-corrected chi connectivity index (χ2v) is 30.3. The van der Waals surface area contributed by atoms with Gasteiger partial charge in [-0.3, -0.25) is 4.79 Å². The van der Waals surface area contributed by atoms with Crippen molar-refractivity contribution in [3.05, 3.63) is 160 Å². The van der Waals surface area contributed by atoms with Crippen LogP contribution >= 0.6 is 34.8 Å². The Morgan fingerprint density at radius 2 is 0.685 bits per heavy atom. The Balaban J connectivity index is 0.000000146. The maximum absolute atomic E-state index is 16.5. The molecule has 0 bridgehead atoms. The molecule has 0 radical (unpaired) electrons. The first-order valence-corrected chi connectivity index (χ1v) is 38.8. The van der Waals surface area contributed by atoms with Gasteiger partial charge in [-0.1, -0.05) is 108 Å². The van der Waals surface area contributed by atoms with Crippen LogP contribution in [0.2, 0.25) is 15.1 Å². The van der Waals surface area contributed by atoms with Crippen molar-refractivity contribution >= 4 is 123 Å². The van der Waals surface area contributed by atoms with E-state index >= 15 is 13.2 Å². The fraction of sp³-hybridized carbons (Fsp3) is 0.353. The molecule has 0 saturated carbocycles. The van der Waals surface area contributed by atoms with Crippen LogP contribution in [0, 0.1) is 17.5 Å². The minimum absolute atomic E-state index is 0.0101. The first-order valence-electron chi connectivity index (χ1n) is 37.7. The van der Waals surface area contributed by atoms with Crippen molar-refractivity contribution in [3.8, 4) is 68.7 Å². The van der Waals surface area contributed by atoms with Crippen molar-refractivity contribution < 1.29 is 47.5 Å². The number of phenolic OH excluding ortho intramolecular Hbond substituents is 3. The van der Waals surface area contributed by atoms with Gasteiger partial charge in [0.2, 0.25) is 5.91 Å². The van der Waals surface area contributed by atoms with Gasteiger partial charge in [0.15, 0.2) is 17.5 Å². The summed E-state index contributed by atoms with van der Waals surface area (Å²) in [5.74, 6) is 0.211. The van der Waals surface area contributed by atoms with E-state index < -0.39 is 17.5 Å². The number of carbonyl (C=O) groups is 1. The Bertz CT molecular complexity index is 5180. The van der Waals surface area contributed by atoms with Gasteiger partial charge in [0.05, 0.1) is 34.9 Å². The standard InChI is InChI=1S/C29H31ClFN5O3.2C28H30ClFN4O2/c1-18(37)35-10-12-36(13-11-35)28-23-17-24(30)25(22-16-20(38)15-19-7-4-5-8-21(19)22)26(31)27(23)32-29(33-28)39-14-6-9-34(2)3;2*1-33(2)11-8-14-36-28-31-26-22(27(32-28)34-12-6-3-7-13-34)17-23(29)24(25(26)30)21-16-19(35)15-18-9-4-5-10-20(18)21/h4-5,7-8,15-17,38H,6,9-14H2,1-3H3;2*4-5,9-10,15-17,35H,3,6-8,11-14H2,1-2H3. The van der Waals surface area contributed by atoms with Crippen LogP contribution in [0.3, 0.4) is 0 Å². The number of fused-ring (bicyclic) bond motifs is 6. The predicted molar refractivity (Wildman–Crippen MR) is 440 cm³/mol. The zero-order valence-electron chi connectivity index (χ0n) is 63.4. The molecule has 3 fully saturated rings. The molecule has 0 spiro atoms. The maximum Gasteiger partial charge on any atom is 0.319 e. The molecule has 20 nitrogen and oxygen atoms in total. The Hall–Kier alpha value is -10.0. The minimum atomic E-state index is -0.614. The summed E-state index contributed by atoms with van der Waals surface area (Å²) in [6.45, 7) is 10.8. The summed E-state index contributed by atoms with van der Waals surface area (Å²) >= 11 is 20.3. The fourth-order valence-electron chi connectivity index (χ4n) is 14.7. The lowest BCUT2D eigenvalue weighted by atomic mass is 9.96. The number of anilines is 3. The summed E-state index contributed by atoms with van der Waals surface area (Å²) in [5, 5.41) is 38.1. The lowest BCUT2D eigenvalue weighted by Crippen LogP contribution is -2.48. The van der Waals surface area contributed by atoms with Crippen molar-refractivity contribution in [1.29, 1.82) is 0 Å². The molecule has 0 aliphatic carbocycles. The number of aromatic nitrogens is 6. The third kappa shape index (κ3) is 18.2. The number of hydrogen-bond acceptors (Lipinski definition) is 19. The lowest BCUT2D eigenvalue weighted by molar-refractivity contribution is -0.129. The number of piperazine rings is 1. The largest absolute Gasteiger partial charge is 0.508 e. The van der Waals surface area contributed by atoms with Gasteiger partial charge in [-0.2, -0.15) is 29.9 Å². The van der Waals surface area contributed by atoms with Crippen LogP contribution in [0.25, 0.3) is 98.4 Å². The van der Waals surface area contributed by atoms with Crippen LogP contribution < -0.4 is 28.9 Å². The molecule has 3 N–H and O–H groups in total. The number of benzene rings is 9. The highest BCUT2D eigenvalue weighted by atomic mass is 35.5. The molecule has 0 atom stereocenters. The van der Waals surface area contributed by atoms with E-state index in [1.54, 1.807) is 60.4 Å². The molecule has 15 rings (SSSR count). The topological polar surface area (TPSA) is 205 Å². The van der Waals surface area contributed by atoms with Gasteiger partial charge in [-0.05, 0) is 204 Å². The Kier molecular flexibility index (Phi) is 25.3. The van der Waals surface area contributed by atoms with Gasteiger partial charge in [0.1, 0.15) is 51.3 Å². The Morgan fingerprint density at radius 1 is 0.396 bits per heavy atom. The number of carbonyl (C=O) groups excluding carboxylic acids is 1. The van der Waals surface area contributed by atoms with Crippen LogP contribution in [0.4, 0.5) is 30.6 Å². The number of amides is 1. The number of nitrogens with zero attached hydrogens (tertiary/aromatic N) is 13. The monoisotopic (exact) mass is 1570 g/mol. The van der Waals surface area contributed by atoms with Gasteiger partial charge < -0.3 is 63.8 Å². The normalized spacial score (nSPS) is 14.1. The zero-order chi connectivity index (χ0) is 78.1. The Morgan fingerprint density at radius 3 is 0.973 bits per heavy atom. The van der Waals surface area contributed by atoms with Gasteiger partial charge in [0.25, 0.3) is 0 Å². The van der Waals surface area contributed by atoms with E-state index in [9.17, 15) is 20.1 Å². The van der Waals surface area contributed by atoms with Crippen LogP contribution in [-0.4, -0.2) is 205 Å². The lowest BCUT2D eigenvalue weighted by Gasteiger charge is -2.35. The minimum Gasteiger partial charge on any atom is -0.508 e. The quantitative estimate of drug-likeness (QED) is 0.0572. The highest BCUT2D eigenvalue weighted by molar-refractivity contribution is 6.36. The van der Waals surface area contributed by atoms with Crippen LogP contribution in [0.1, 0.15) is 64.7 Å². The summed E-state index contributed by atoms with van der Waals surface area (Å²) in [7, 11) is 12.0. The number of halogens is 6. The summed E-state index contributed by atoms with van der Waals surface area (Å²) in [5.41, 5.74) is 2.49. The molecular weight excluding hydrogens is 1480 g/mol. The van der Waals surface area contributed by atoms with E-state index in [4.69, 9.17) is 59.0 Å². The van der Waals surface area contributed by atoms with E-state index in [1.807, 2.05) is 120 Å². The number of ether oxygens (including phenoxy) is 3. The first kappa shape index (κ1) is 79.1. The molecule has 3 saturated heterocycles. The van der Waals surface area contributed by atoms with E-state index in [0.29, 0.717) is 96.3 Å². The van der Waals surface area contributed by atoms with E-state index in [-0.39, 0.29) is 89.5 Å². The molecule has 12 aromatic rings. The summed E-state index contributed by atoms with van der Waals surface area (Å²) < 4.78 is 66.9. The number of phenols is 3. The molecule has 3 aromatic heterocycles. The van der Waals surface area contributed by atoms with Crippen molar-refractivity contribution in [2.45, 2.75) is 64.7 Å². The number of aromatic hydroxyl groups is 3. The van der Waals surface area contributed by atoms with Gasteiger partial charge in [0, 0.05) is 112 Å². The van der Waals surface area contributed by atoms with E-state index in [0.717, 1.165) is 136 Å². The molecule has 580 valence electrons. The van der Waals surface area contributed by atoms with Crippen LogP contribution in [-0.2, 0) is 4.79 Å². The van der Waals surface area contributed by atoms with Crippen LogP contribution in [0.15, 0.2) is 127 Å². The fourth-order valence-corrected chi connectivity index (χ4v) is 15.6. The average Bonchev–Trinajstić information content (AvgIpc) is 0.755. The summed E-state index contributed by atoms with van der Waals surface area (Å²) in [6, 6.07) is 37.6. The molecular formula is C85H91Cl3F3N13O7. The summed E-state index contributed by atoms with van der Waals surface area (Å²) in [4.78, 5) is 53.8.